The lowest BCUT2D eigenvalue weighted by molar-refractivity contribution is -0.614. The van der Waals surface area contributed by atoms with Crippen LogP contribution in [-0.2, 0) is 11.2 Å². The monoisotopic (exact) mass is 663 g/mol. The summed E-state index contributed by atoms with van der Waals surface area (Å²) in [5.74, 6) is 0.211. The molecule has 10 nitrogen and oxygen atoms in total. The molecule has 7 rings (SSSR count). The van der Waals surface area contributed by atoms with Gasteiger partial charge in [-0.15, -0.1) is 5.10 Å². The van der Waals surface area contributed by atoms with E-state index in [1.165, 1.54) is 17.5 Å². The smallest absolute Gasteiger partial charge is 0.317 e. The summed E-state index contributed by atoms with van der Waals surface area (Å²) in [4.78, 5) is 14.8. The van der Waals surface area contributed by atoms with E-state index in [1.807, 2.05) is 35.2 Å². The number of carbonyl (C=O) groups is 1. The standard InChI is InChI=1S/C37H38ClN7O3/c38-31-11-14-35(44-25-39-41-42-44)34(22-31)30-10-13-36(45(47)23-30)33(12-9-26-5-2-1-3-6-26)29-8-4-7-28(21-29)27-15-18-43(19-16-27)37(46)40-32-17-20-48-24-32/h1-8,10-11,13-14,21-23,25,27,32-33H,9,12,15-20,24H2,(H,40,46)/t32?,33-/m0/s1. The number of ether oxygens (including phenoxy) is 1. The van der Waals surface area contributed by atoms with Crippen LogP contribution in [-0.4, -0.2) is 63.5 Å². The lowest BCUT2D eigenvalue weighted by Gasteiger charge is -2.33. The molecule has 2 fully saturated rings. The van der Waals surface area contributed by atoms with Crippen LogP contribution in [0, 0.1) is 5.21 Å². The number of hydrogen-bond acceptors (Lipinski definition) is 6. The maximum atomic E-state index is 13.9. The molecule has 0 bridgehead atoms. The Labute approximate surface area is 284 Å². The number of aromatic nitrogens is 5. The Morgan fingerprint density at radius 3 is 2.62 bits per heavy atom. The molecule has 1 N–H and O–H groups in total. The Kier molecular flexibility index (Phi) is 9.62. The van der Waals surface area contributed by atoms with Crippen LogP contribution in [0.2, 0.25) is 5.02 Å². The first-order valence-corrected chi connectivity index (χ1v) is 16.9. The van der Waals surface area contributed by atoms with E-state index in [9.17, 15) is 10.0 Å². The fourth-order valence-electron chi connectivity index (χ4n) is 6.93. The second kappa shape index (κ2) is 14.5. The topological polar surface area (TPSA) is 112 Å². The van der Waals surface area contributed by atoms with Gasteiger partial charge in [-0.25, -0.2) is 4.79 Å². The number of aryl methyl sites for hydroxylation is 1. The molecule has 4 heterocycles. The second-order valence-corrected chi connectivity index (χ2v) is 13.0. The number of amides is 2. The summed E-state index contributed by atoms with van der Waals surface area (Å²) < 4.78 is 7.97. The van der Waals surface area contributed by atoms with Crippen molar-refractivity contribution in [2.45, 2.75) is 50.0 Å². The molecule has 2 aliphatic rings. The third kappa shape index (κ3) is 7.19. The fourth-order valence-corrected chi connectivity index (χ4v) is 7.11. The summed E-state index contributed by atoms with van der Waals surface area (Å²) in [6, 6.07) is 28.5. The quantitative estimate of drug-likeness (QED) is 0.152. The molecule has 0 spiro atoms. The molecular formula is C37H38ClN7O3. The van der Waals surface area contributed by atoms with Crippen LogP contribution in [0.3, 0.4) is 0 Å². The molecule has 11 heteroatoms. The normalized spacial score (nSPS) is 17.4. The number of benzene rings is 3. The fraction of sp³-hybridized carbons (Fsp3) is 0.324. The van der Waals surface area contributed by atoms with Crippen LogP contribution in [0.1, 0.15) is 59.9 Å². The third-order valence-electron chi connectivity index (χ3n) is 9.56. The van der Waals surface area contributed by atoms with Gasteiger partial charge in [-0.1, -0.05) is 66.2 Å². The van der Waals surface area contributed by atoms with E-state index in [2.05, 4.69) is 69.4 Å². The SMILES string of the molecule is O=C(NC1CCOC1)N1CCC(c2cccc([C@H](CCc3ccccc3)c3ccc(-c4cc(Cl)ccc4-n4cnnn4)c[n+]3[O-])c2)CC1. The summed E-state index contributed by atoms with van der Waals surface area (Å²) in [5, 5.41) is 29.2. The van der Waals surface area contributed by atoms with Gasteiger partial charge in [-0.2, -0.15) is 9.41 Å². The van der Waals surface area contributed by atoms with Crippen molar-refractivity contribution >= 4 is 17.6 Å². The van der Waals surface area contributed by atoms with Crippen molar-refractivity contribution < 1.29 is 14.3 Å². The summed E-state index contributed by atoms with van der Waals surface area (Å²) in [6.45, 7) is 2.72. The maximum absolute atomic E-state index is 13.9. The van der Waals surface area contributed by atoms with Gasteiger partial charge < -0.3 is 20.2 Å². The van der Waals surface area contributed by atoms with Gasteiger partial charge in [0.2, 0.25) is 0 Å². The lowest BCUT2D eigenvalue weighted by Crippen LogP contribution is -2.47. The largest absolute Gasteiger partial charge is 0.618 e. The predicted octanol–water partition coefficient (Wildman–Crippen LogP) is 6.06. The van der Waals surface area contributed by atoms with Gasteiger partial charge in [0.15, 0.2) is 11.9 Å². The van der Waals surface area contributed by atoms with Gasteiger partial charge >= 0.3 is 6.03 Å². The van der Waals surface area contributed by atoms with E-state index < -0.39 is 0 Å². The molecular weight excluding hydrogens is 626 g/mol. The number of carbonyl (C=O) groups excluding carboxylic acids is 1. The van der Waals surface area contributed by atoms with E-state index in [4.69, 9.17) is 16.3 Å². The number of tetrazole rings is 1. The lowest BCUT2D eigenvalue weighted by atomic mass is 9.84. The van der Waals surface area contributed by atoms with Crippen molar-refractivity contribution in [3.63, 3.8) is 0 Å². The average molecular weight is 664 g/mol. The first kappa shape index (κ1) is 31.8. The second-order valence-electron chi connectivity index (χ2n) is 12.6. The molecule has 5 aromatic rings. The zero-order valence-corrected chi connectivity index (χ0v) is 27.4. The number of hydrogen-bond donors (Lipinski definition) is 1. The predicted molar refractivity (Wildman–Crippen MR) is 183 cm³/mol. The van der Waals surface area contributed by atoms with Gasteiger partial charge in [0.05, 0.1) is 24.3 Å². The number of likely N-dealkylation sites (tertiary alicyclic amines) is 1. The number of rotatable bonds is 9. The van der Waals surface area contributed by atoms with Crippen LogP contribution in [0.5, 0.6) is 0 Å². The van der Waals surface area contributed by atoms with E-state index in [1.54, 1.807) is 16.9 Å². The van der Waals surface area contributed by atoms with Crippen molar-refractivity contribution in [3.8, 4) is 16.8 Å². The highest BCUT2D eigenvalue weighted by molar-refractivity contribution is 6.31. The molecule has 2 aromatic heterocycles. The Bertz CT molecular complexity index is 1840. The number of urea groups is 1. The van der Waals surface area contributed by atoms with E-state index in [0.29, 0.717) is 48.5 Å². The molecule has 246 valence electrons. The van der Waals surface area contributed by atoms with Gasteiger partial charge in [-0.3, -0.25) is 0 Å². The molecule has 0 aliphatic carbocycles. The Hall–Kier alpha value is -4.80. The van der Waals surface area contributed by atoms with Crippen molar-refractivity contribution in [1.82, 2.24) is 30.4 Å². The maximum Gasteiger partial charge on any atom is 0.317 e. The number of nitrogens with zero attached hydrogens (tertiary/aromatic N) is 6. The summed E-state index contributed by atoms with van der Waals surface area (Å²) in [6.07, 6.45) is 7.39. The number of nitrogens with one attached hydrogen (secondary N) is 1. The van der Waals surface area contributed by atoms with Crippen molar-refractivity contribution in [3.05, 3.63) is 130 Å². The highest BCUT2D eigenvalue weighted by atomic mass is 35.5. The van der Waals surface area contributed by atoms with Gasteiger partial charge in [-0.05, 0) is 89.4 Å². The van der Waals surface area contributed by atoms with Gasteiger partial charge in [0.1, 0.15) is 6.33 Å². The van der Waals surface area contributed by atoms with Crippen molar-refractivity contribution in [2.75, 3.05) is 26.3 Å². The first-order chi connectivity index (χ1) is 23.5. The molecule has 2 saturated heterocycles. The van der Waals surface area contributed by atoms with Crippen molar-refractivity contribution in [1.29, 1.82) is 0 Å². The number of halogens is 1. The Morgan fingerprint density at radius 2 is 1.88 bits per heavy atom. The van der Waals surface area contributed by atoms with Crippen LogP contribution in [0.4, 0.5) is 4.79 Å². The van der Waals surface area contributed by atoms with Crippen LogP contribution in [0.25, 0.3) is 16.8 Å². The van der Waals surface area contributed by atoms with E-state index in [-0.39, 0.29) is 18.0 Å². The Balaban J connectivity index is 1.14. The summed E-state index contributed by atoms with van der Waals surface area (Å²) >= 11 is 6.39. The van der Waals surface area contributed by atoms with Crippen LogP contribution >= 0.6 is 11.6 Å². The van der Waals surface area contributed by atoms with E-state index >= 15 is 0 Å². The zero-order chi connectivity index (χ0) is 32.9. The highest BCUT2D eigenvalue weighted by Crippen LogP contribution is 2.35. The van der Waals surface area contributed by atoms with Crippen LogP contribution in [0.15, 0.2) is 97.5 Å². The molecule has 3 aromatic carbocycles. The van der Waals surface area contributed by atoms with Crippen molar-refractivity contribution in [2.24, 2.45) is 0 Å². The van der Waals surface area contributed by atoms with Gasteiger partial charge in [0.25, 0.3) is 0 Å². The zero-order valence-electron chi connectivity index (χ0n) is 26.6. The van der Waals surface area contributed by atoms with Crippen LogP contribution < -0.4 is 10.0 Å². The first-order valence-electron chi connectivity index (χ1n) is 16.5. The molecule has 0 saturated carbocycles. The number of piperidine rings is 1. The molecule has 2 amide bonds. The minimum Gasteiger partial charge on any atom is -0.618 e. The minimum absolute atomic E-state index is 0.00461. The van der Waals surface area contributed by atoms with E-state index in [0.717, 1.165) is 53.6 Å². The highest BCUT2D eigenvalue weighted by Gasteiger charge is 2.28. The summed E-state index contributed by atoms with van der Waals surface area (Å²) in [5.41, 5.74) is 6.47. The molecule has 0 radical (unpaired) electrons. The molecule has 1 unspecified atom stereocenters. The minimum atomic E-state index is -0.130. The average Bonchev–Trinajstić information content (AvgIpc) is 3.85. The molecule has 48 heavy (non-hydrogen) atoms. The molecule has 2 aliphatic heterocycles. The number of pyridine rings is 1. The third-order valence-corrected chi connectivity index (χ3v) is 9.79. The molecule has 2 atom stereocenters. The van der Waals surface area contributed by atoms with Gasteiger partial charge in [0, 0.05) is 41.9 Å². The Morgan fingerprint density at radius 1 is 1.02 bits per heavy atom. The summed E-state index contributed by atoms with van der Waals surface area (Å²) in [7, 11) is 0.